The SMILES string of the molecule is Cc1cc(C)c(O)c(C)c1.[CH3-].[Cl][Ti][Cl]. The third-order valence-electron chi connectivity index (χ3n) is 1.64. The van der Waals surface area contributed by atoms with E-state index in [1.807, 2.05) is 32.9 Å². The predicted molar refractivity (Wildman–Crippen MR) is 60.4 cm³/mol. The average Bonchev–Trinajstić information content (AvgIpc) is 2.01. The molecule has 0 amide bonds. The first-order valence-electron chi connectivity index (χ1n) is 3.76. The Morgan fingerprint density at radius 1 is 1.07 bits per heavy atom. The number of halogens is 2. The van der Waals surface area contributed by atoms with Gasteiger partial charge in [0.05, 0.1) is 0 Å². The number of hydrogen-bond donors (Lipinski definition) is 1. The molecule has 0 bridgehead atoms. The molecule has 14 heavy (non-hydrogen) atoms. The van der Waals surface area contributed by atoms with E-state index in [9.17, 15) is 5.11 Å². The van der Waals surface area contributed by atoms with Crippen LogP contribution < -0.4 is 0 Å². The zero-order valence-corrected chi connectivity index (χ0v) is 11.9. The van der Waals surface area contributed by atoms with Crippen molar-refractivity contribution in [2.75, 3.05) is 0 Å². The normalized spacial score (nSPS) is 8.07. The van der Waals surface area contributed by atoms with Crippen molar-refractivity contribution in [2.45, 2.75) is 20.8 Å². The summed E-state index contributed by atoms with van der Waals surface area (Å²) in [6.45, 7) is 5.85. The first-order chi connectivity index (χ1) is 6.02. The summed E-state index contributed by atoms with van der Waals surface area (Å²) in [5.74, 6) is 0.422. The van der Waals surface area contributed by atoms with Crippen molar-refractivity contribution in [3.8, 4) is 5.75 Å². The Hall–Kier alpha value is 0.314. The summed E-state index contributed by atoms with van der Waals surface area (Å²) >= 11 is -0.556. The van der Waals surface area contributed by atoms with Crippen LogP contribution in [0.4, 0.5) is 0 Å². The summed E-state index contributed by atoms with van der Waals surface area (Å²) in [7, 11) is 9.78. The fourth-order valence-corrected chi connectivity index (χ4v) is 1.17. The monoisotopic (exact) mass is 269 g/mol. The third-order valence-corrected chi connectivity index (χ3v) is 1.64. The minimum atomic E-state index is -0.556. The second-order valence-corrected chi connectivity index (χ2v) is 5.40. The van der Waals surface area contributed by atoms with Crippen LogP contribution in [-0.2, 0) is 17.0 Å². The number of aromatic hydroxyl groups is 1. The summed E-state index contributed by atoms with van der Waals surface area (Å²) in [5.41, 5.74) is 3.11. The molecule has 80 valence electrons. The van der Waals surface area contributed by atoms with Crippen LogP contribution in [0.15, 0.2) is 12.1 Å². The maximum absolute atomic E-state index is 9.33. The van der Waals surface area contributed by atoms with Gasteiger partial charge in [0.2, 0.25) is 0 Å². The van der Waals surface area contributed by atoms with Crippen molar-refractivity contribution in [2.24, 2.45) is 0 Å². The van der Waals surface area contributed by atoms with Gasteiger partial charge in [-0.05, 0) is 31.9 Å². The first-order valence-corrected chi connectivity index (χ1v) is 8.05. The molecule has 0 fully saturated rings. The van der Waals surface area contributed by atoms with Crippen LogP contribution in [0.5, 0.6) is 5.75 Å². The zero-order valence-electron chi connectivity index (χ0n) is 8.86. The molecule has 0 radical (unpaired) electrons. The molecule has 0 spiro atoms. The average molecular weight is 270 g/mol. The Kier molecular flexibility index (Phi) is 10.3. The number of hydrogen-bond acceptors (Lipinski definition) is 1. The Morgan fingerprint density at radius 2 is 1.36 bits per heavy atom. The van der Waals surface area contributed by atoms with Gasteiger partial charge in [-0.25, -0.2) is 0 Å². The number of phenols is 1. The molecule has 0 heterocycles. The number of benzene rings is 1. The van der Waals surface area contributed by atoms with E-state index in [4.69, 9.17) is 18.6 Å². The standard InChI is InChI=1S/C9H12O.CH3.2ClH.Ti/c1-6-4-7(2)9(10)8(3)5-6;;;;/h4-5,10H,1-3H3;1H3;2*1H;/q;-1;;;+2/p-2. The molecule has 1 N–H and O–H groups in total. The van der Waals surface area contributed by atoms with Crippen LogP contribution in [0.1, 0.15) is 16.7 Å². The maximum atomic E-state index is 9.33. The van der Waals surface area contributed by atoms with Crippen LogP contribution in [-0.4, -0.2) is 5.11 Å². The van der Waals surface area contributed by atoms with Gasteiger partial charge in [0.25, 0.3) is 0 Å². The van der Waals surface area contributed by atoms with Crippen LogP contribution in [0.2, 0.25) is 0 Å². The third kappa shape index (κ3) is 5.92. The molecular weight excluding hydrogens is 255 g/mol. The van der Waals surface area contributed by atoms with E-state index in [1.165, 1.54) is 5.56 Å². The zero-order chi connectivity index (χ0) is 10.4. The van der Waals surface area contributed by atoms with Gasteiger partial charge >= 0.3 is 35.6 Å². The fraction of sp³-hybridized carbons (Fsp3) is 0.300. The van der Waals surface area contributed by atoms with Crippen LogP contribution in [0, 0.1) is 28.2 Å². The van der Waals surface area contributed by atoms with E-state index in [0.717, 1.165) is 11.1 Å². The van der Waals surface area contributed by atoms with E-state index in [-0.39, 0.29) is 7.43 Å². The van der Waals surface area contributed by atoms with Gasteiger partial charge in [0.15, 0.2) is 0 Å². The molecule has 0 saturated heterocycles. The van der Waals surface area contributed by atoms with E-state index in [1.54, 1.807) is 0 Å². The molecule has 4 heteroatoms. The summed E-state index contributed by atoms with van der Waals surface area (Å²) in [5, 5.41) is 9.33. The first kappa shape index (κ1) is 16.7. The molecule has 1 aromatic rings. The molecule has 1 rings (SSSR count). The quantitative estimate of drug-likeness (QED) is 0.554. The van der Waals surface area contributed by atoms with E-state index in [2.05, 4.69) is 0 Å². The molecule has 0 aromatic heterocycles. The van der Waals surface area contributed by atoms with Crippen molar-refractivity contribution in [3.05, 3.63) is 36.2 Å². The van der Waals surface area contributed by atoms with Crippen LogP contribution in [0.25, 0.3) is 0 Å². The molecule has 1 nitrogen and oxygen atoms in total. The predicted octanol–water partition coefficient (Wildman–Crippen LogP) is 4.14. The van der Waals surface area contributed by atoms with Crippen molar-refractivity contribution in [3.63, 3.8) is 0 Å². The Morgan fingerprint density at radius 3 is 1.64 bits per heavy atom. The van der Waals surface area contributed by atoms with Gasteiger partial charge in [-0.2, -0.15) is 0 Å². The van der Waals surface area contributed by atoms with E-state index >= 15 is 0 Å². The van der Waals surface area contributed by atoms with Gasteiger partial charge in [-0.1, -0.05) is 17.7 Å². The molecule has 0 atom stereocenters. The van der Waals surface area contributed by atoms with Crippen LogP contribution in [0.3, 0.4) is 0 Å². The summed E-state index contributed by atoms with van der Waals surface area (Å²) in [4.78, 5) is 0. The molecule has 0 saturated carbocycles. The van der Waals surface area contributed by atoms with E-state index < -0.39 is 17.0 Å². The van der Waals surface area contributed by atoms with Gasteiger partial charge in [-0.3, -0.25) is 0 Å². The van der Waals surface area contributed by atoms with Crippen molar-refractivity contribution in [1.29, 1.82) is 0 Å². The number of aryl methyl sites for hydroxylation is 3. The van der Waals surface area contributed by atoms with Crippen LogP contribution >= 0.6 is 18.6 Å². The van der Waals surface area contributed by atoms with Crippen molar-refractivity contribution >= 4 is 18.6 Å². The second-order valence-electron chi connectivity index (χ2n) is 2.82. The molecule has 0 aliphatic heterocycles. The molecule has 0 aliphatic rings. The van der Waals surface area contributed by atoms with Gasteiger partial charge < -0.3 is 12.5 Å². The Labute approximate surface area is 103 Å². The Bertz CT molecular complexity index is 254. The van der Waals surface area contributed by atoms with Gasteiger partial charge in [0, 0.05) is 0 Å². The fourth-order valence-electron chi connectivity index (χ4n) is 1.17. The molecule has 0 aliphatic carbocycles. The number of rotatable bonds is 0. The van der Waals surface area contributed by atoms with Gasteiger partial charge in [0.1, 0.15) is 5.75 Å². The van der Waals surface area contributed by atoms with Crippen molar-refractivity contribution < 1.29 is 22.1 Å². The van der Waals surface area contributed by atoms with E-state index in [0.29, 0.717) is 5.75 Å². The number of phenolic OH excluding ortho intramolecular Hbond substituents is 1. The summed E-state index contributed by atoms with van der Waals surface area (Å²) in [6, 6.07) is 3.95. The van der Waals surface area contributed by atoms with Crippen molar-refractivity contribution in [1.82, 2.24) is 0 Å². The molecule has 1 aromatic carbocycles. The second kappa shape index (κ2) is 8.61. The molecular formula is C10H15Cl2OTi-. The Balaban J connectivity index is 0. The minimum absolute atomic E-state index is 0. The topological polar surface area (TPSA) is 20.2 Å². The summed E-state index contributed by atoms with van der Waals surface area (Å²) < 4.78 is 0. The molecule has 0 unspecified atom stereocenters. The summed E-state index contributed by atoms with van der Waals surface area (Å²) in [6.07, 6.45) is 0. The van der Waals surface area contributed by atoms with Gasteiger partial charge in [-0.15, -0.1) is 0 Å².